The molecule has 0 saturated carbocycles. The number of benzene rings is 2. The molecule has 0 unspecified atom stereocenters. The molecular formula is C14H10Br2N2O3. The predicted molar refractivity (Wildman–Crippen MR) is 87.6 cm³/mol. The highest BCUT2D eigenvalue weighted by molar-refractivity contribution is 9.11. The predicted octanol–water partition coefficient (Wildman–Crippen LogP) is 3.74. The Kier molecular flexibility index (Phi) is 4.64. The van der Waals surface area contributed by atoms with Gasteiger partial charge >= 0.3 is 5.97 Å². The number of carbonyl (C=O) groups is 2. The summed E-state index contributed by atoms with van der Waals surface area (Å²) in [6.45, 7) is 0. The first-order valence-electron chi connectivity index (χ1n) is 5.77. The Morgan fingerprint density at radius 1 is 1.10 bits per heavy atom. The average molecular weight is 414 g/mol. The van der Waals surface area contributed by atoms with Gasteiger partial charge in [-0.1, -0.05) is 15.9 Å². The fourth-order valence-corrected chi connectivity index (χ4v) is 2.46. The van der Waals surface area contributed by atoms with E-state index in [0.29, 0.717) is 15.7 Å². The number of hydrogen-bond donors (Lipinski definition) is 3. The number of rotatable bonds is 3. The summed E-state index contributed by atoms with van der Waals surface area (Å²) in [4.78, 5) is 23.1. The molecule has 2 rings (SSSR count). The fourth-order valence-electron chi connectivity index (χ4n) is 1.67. The molecule has 0 bridgehead atoms. The Bertz CT molecular complexity index is 732. The van der Waals surface area contributed by atoms with Gasteiger partial charge < -0.3 is 16.2 Å². The van der Waals surface area contributed by atoms with E-state index in [-0.39, 0.29) is 17.2 Å². The quantitative estimate of drug-likeness (QED) is 0.668. The van der Waals surface area contributed by atoms with Crippen LogP contribution in [0.15, 0.2) is 45.3 Å². The number of nitrogens with two attached hydrogens (primary N) is 1. The number of carboxylic acids is 1. The molecule has 7 heteroatoms. The molecule has 0 atom stereocenters. The maximum Gasteiger partial charge on any atom is 0.335 e. The van der Waals surface area contributed by atoms with Crippen molar-refractivity contribution in [2.45, 2.75) is 0 Å². The summed E-state index contributed by atoms with van der Waals surface area (Å²) in [5.41, 5.74) is 6.80. The number of carboxylic acid groups (broad SMARTS) is 1. The third-order valence-corrected chi connectivity index (χ3v) is 3.90. The number of nitrogen functional groups attached to an aromatic ring is 1. The van der Waals surface area contributed by atoms with Crippen molar-refractivity contribution < 1.29 is 14.7 Å². The van der Waals surface area contributed by atoms with Gasteiger partial charge in [-0.25, -0.2) is 4.79 Å². The Balaban J connectivity index is 2.27. The largest absolute Gasteiger partial charge is 0.478 e. The highest BCUT2D eigenvalue weighted by atomic mass is 79.9. The normalized spacial score (nSPS) is 10.2. The van der Waals surface area contributed by atoms with Crippen molar-refractivity contribution in [3.8, 4) is 0 Å². The van der Waals surface area contributed by atoms with Gasteiger partial charge in [0.05, 0.1) is 22.5 Å². The van der Waals surface area contributed by atoms with E-state index in [1.165, 1.54) is 18.2 Å². The lowest BCUT2D eigenvalue weighted by Gasteiger charge is -2.10. The van der Waals surface area contributed by atoms with Crippen molar-refractivity contribution in [1.82, 2.24) is 0 Å². The minimum Gasteiger partial charge on any atom is -0.478 e. The molecule has 0 aliphatic heterocycles. The van der Waals surface area contributed by atoms with E-state index < -0.39 is 5.97 Å². The van der Waals surface area contributed by atoms with Gasteiger partial charge in [0.1, 0.15) is 0 Å². The Hall–Kier alpha value is -1.86. The van der Waals surface area contributed by atoms with Crippen LogP contribution in [-0.4, -0.2) is 17.0 Å². The number of amides is 1. The molecular weight excluding hydrogens is 404 g/mol. The van der Waals surface area contributed by atoms with E-state index in [1.807, 2.05) is 0 Å². The Morgan fingerprint density at radius 3 is 2.43 bits per heavy atom. The third kappa shape index (κ3) is 3.62. The van der Waals surface area contributed by atoms with Gasteiger partial charge in [0, 0.05) is 8.95 Å². The van der Waals surface area contributed by atoms with E-state index in [9.17, 15) is 9.59 Å². The topological polar surface area (TPSA) is 92.4 Å². The van der Waals surface area contributed by atoms with Crippen molar-refractivity contribution >= 4 is 55.1 Å². The maximum absolute atomic E-state index is 12.2. The highest BCUT2D eigenvalue weighted by Crippen LogP contribution is 2.25. The summed E-state index contributed by atoms with van der Waals surface area (Å²) < 4.78 is 1.41. The number of nitrogens with one attached hydrogen (secondary N) is 1. The molecule has 0 aliphatic rings. The molecule has 1 amide bonds. The van der Waals surface area contributed by atoms with Gasteiger partial charge in [-0.3, -0.25) is 4.79 Å². The summed E-state index contributed by atoms with van der Waals surface area (Å²) >= 11 is 6.60. The molecule has 2 aromatic rings. The second-order valence-electron chi connectivity index (χ2n) is 4.19. The number of anilines is 2. The van der Waals surface area contributed by atoms with Crippen LogP contribution in [0.3, 0.4) is 0 Å². The molecule has 0 fully saturated rings. The molecule has 0 spiro atoms. The fraction of sp³-hybridized carbons (Fsp3) is 0. The van der Waals surface area contributed by atoms with Gasteiger partial charge in [0.15, 0.2) is 0 Å². The third-order valence-electron chi connectivity index (χ3n) is 2.72. The molecule has 5 nitrogen and oxygen atoms in total. The summed E-state index contributed by atoms with van der Waals surface area (Å²) in [6, 6.07) is 9.36. The smallest absolute Gasteiger partial charge is 0.335 e. The van der Waals surface area contributed by atoms with Crippen molar-refractivity contribution in [2.75, 3.05) is 11.1 Å². The van der Waals surface area contributed by atoms with Gasteiger partial charge in [-0.15, -0.1) is 0 Å². The standard InChI is InChI=1S/C14H10Br2N2O3/c15-8-2-3-10(16)9(6-8)13(19)18-12-4-1-7(14(20)21)5-11(12)17/h1-6H,17H2,(H,18,19)(H,20,21). The highest BCUT2D eigenvalue weighted by Gasteiger charge is 2.13. The van der Waals surface area contributed by atoms with Gasteiger partial charge in [-0.05, 0) is 52.3 Å². The molecule has 108 valence electrons. The summed E-state index contributed by atoms with van der Waals surface area (Å²) in [5, 5.41) is 11.5. The zero-order chi connectivity index (χ0) is 15.6. The van der Waals surface area contributed by atoms with Crippen LogP contribution in [0.1, 0.15) is 20.7 Å². The number of carbonyl (C=O) groups excluding carboxylic acids is 1. The summed E-state index contributed by atoms with van der Waals surface area (Å²) in [7, 11) is 0. The first kappa shape index (κ1) is 15.5. The SMILES string of the molecule is Nc1cc(C(=O)O)ccc1NC(=O)c1cc(Br)ccc1Br. The van der Waals surface area contributed by atoms with Crippen LogP contribution in [0, 0.1) is 0 Å². The van der Waals surface area contributed by atoms with Crippen LogP contribution < -0.4 is 11.1 Å². The van der Waals surface area contributed by atoms with Crippen LogP contribution in [0.5, 0.6) is 0 Å². The number of hydrogen-bond acceptors (Lipinski definition) is 3. The molecule has 4 N–H and O–H groups in total. The molecule has 21 heavy (non-hydrogen) atoms. The number of halogens is 2. The molecule has 0 aromatic heterocycles. The summed E-state index contributed by atoms with van der Waals surface area (Å²) in [5.74, 6) is -1.42. The van der Waals surface area contributed by atoms with Crippen molar-refractivity contribution in [2.24, 2.45) is 0 Å². The monoisotopic (exact) mass is 412 g/mol. The second kappa shape index (κ2) is 6.28. The van der Waals surface area contributed by atoms with E-state index >= 15 is 0 Å². The average Bonchev–Trinajstić information content (AvgIpc) is 2.43. The Labute approximate surface area is 137 Å². The minimum absolute atomic E-state index is 0.0640. The zero-order valence-electron chi connectivity index (χ0n) is 10.6. The van der Waals surface area contributed by atoms with Gasteiger partial charge in [0.2, 0.25) is 0 Å². The lowest BCUT2D eigenvalue weighted by molar-refractivity contribution is 0.0697. The van der Waals surface area contributed by atoms with Gasteiger partial charge in [-0.2, -0.15) is 0 Å². The second-order valence-corrected chi connectivity index (χ2v) is 5.96. The number of aromatic carboxylic acids is 1. The van der Waals surface area contributed by atoms with Crippen molar-refractivity contribution in [3.63, 3.8) is 0 Å². The first-order chi connectivity index (χ1) is 9.88. The van der Waals surface area contributed by atoms with Crippen molar-refractivity contribution in [3.05, 3.63) is 56.5 Å². The van der Waals surface area contributed by atoms with E-state index in [2.05, 4.69) is 37.2 Å². The molecule has 0 aliphatic carbocycles. The molecule has 0 heterocycles. The van der Waals surface area contributed by atoms with E-state index in [1.54, 1.807) is 18.2 Å². The van der Waals surface area contributed by atoms with Crippen LogP contribution in [0.25, 0.3) is 0 Å². The van der Waals surface area contributed by atoms with E-state index in [0.717, 1.165) is 4.47 Å². The van der Waals surface area contributed by atoms with Crippen LogP contribution in [0.2, 0.25) is 0 Å². The van der Waals surface area contributed by atoms with Crippen LogP contribution >= 0.6 is 31.9 Å². The van der Waals surface area contributed by atoms with Crippen LogP contribution in [0.4, 0.5) is 11.4 Å². The minimum atomic E-state index is -1.07. The van der Waals surface area contributed by atoms with E-state index in [4.69, 9.17) is 10.8 Å². The van der Waals surface area contributed by atoms with Crippen molar-refractivity contribution in [1.29, 1.82) is 0 Å². The van der Waals surface area contributed by atoms with Gasteiger partial charge in [0.25, 0.3) is 5.91 Å². The summed E-state index contributed by atoms with van der Waals surface area (Å²) in [6.07, 6.45) is 0. The molecule has 0 saturated heterocycles. The lowest BCUT2D eigenvalue weighted by atomic mass is 10.1. The van der Waals surface area contributed by atoms with Crippen LogP contribution in [-0.2, 0) is 0 Å². The Morgan fingerprint density at radius 2 is 1.81 bits per heavy atom. The first-order valence-corrected chi connectivity index (χ1v) is 7.36. The zero-order valence-corrected chi connectivity index (χ0v) is 13.7. The molecule has 0 radical (unpaired) electrons. The maximum atomic E-state index is 12.2. The molecule has 2 aromatic carbocycles. The lowest BCUT2D eigenvalue weighted by Crippen LogP contribution is -2.14.